The summed E-state index contributed by atoms with van der Waals surface area (Å²) in [5.74, 6) is -0.0209. The largest absolute Gasteiger partial charge is 0.322 e. The van der Waals surface area contributed by atoms with Crippen LogP contribution in [0.5, 0.6) is 0 Å². The van der Waals surface area contributed by atoms with E-state index >= 15 is 0 Å². The van der Waals surface area contributed by atoms with Crippen molar-refractivity contribution in [2.24, 2.45) is 5.92 Å². The molecule has 0 unspecified atom stereocenters. The maximum absolute atomic E-state index is 12.6. The first-order chi connectivity index (χ1) is 13.8. The lowest BCUT2D eigenvalue weighted by Gasteiger charge is -2.30. The smallest absolute Gasteiger partial charge is 0.282 e. The molecule has 8 heteroatoms. The molecule has 0 atom stereocenters. The second kappa shape index (κ2) is 8.61. The third-order valence-electron chi connectivity index (χ3n) is 4.87. The van der Waals surface area contributed by atoms with Gasteiger partial charge in [0.1, 0.15) is 5.56 Å². The zero-order valence-electron chi connectivity index (χ0n) is 16.3. The molecule has 0 aliphatic carbocycles. The number of amides is 2. The predicted molar refractivity (Wildman–Crippen MR) is 113 cm³/mol. The predicted octanol–water partition coefficient (Wildman–Crippen LogP) is 4.83. The number of anilines is 2. The van der Waals surface area contributed by atoms with Crippen LogP contribution in [-0.4, -0.2) is 23.3 Å². The summed E-state index contributed by atoms with van der Waals surface area (Å²) in [7, 11) is 0. The molecule has 3 rings (SSSR count). The van der Waals surface area contributed by atoms with Crippen molar-refractivity contribution in [3.63, 3.8) is 0 Å². The molecule has 1 aliphatic heterocycles. The Hall–Kier alpha value is -2.93. The van der Waals surface area contributed by atoms with Crippen LogP contribution in [-0.2, 0) is 11.2 Å². The molecule has 0 spiro atoms. The molecule has 0 radical (unpaired) electrons. The Kier molecular flexibility index (Phi) is 6.17. The number of fused-ring (bicyclic) bond motifs is 1. The van der Waals surface area contributed by atoms with Crippen LogP contribution in [0.25, 0.3) is 0 Å². The first-order valence-electron chi connectivity index (χ1n) is 9.45. The molecule has 0 fully saturated rings. The fraction of sp³-hybridized carbons (Fsp3) is 0.333. The van der Waals surface area contributed by atoms with E-state index in [4.69, 9.17) is 11.6 Å². The van der Waals surface area contributed by atoms with Gasteiger partial charge in [0.05, 0.1) is 4.92 Å². The SMILES string of the molecule is CC(C)CCN1C(=O)CCc2cc(NC(=O)c3cc(Cl)ccc3[N+](=O)[O-])ccc21. The van der Waals surface area contributed by atoms with Gasteiger partial charge in [0.15, 0.2) is 0 Å². The van der Waals surface area contributed by atoms with Gasteiger partial charge in [-0.05, 0) is 54.7 Å². The molecule has 2 aromatic rings. The summed E-state index contributed by atoms with van der Waals surface area (Å²) in [6.07, 6.45) is 1.91. The molecule has 1 aliphatic rings. The number of nitrogens with one attached hydrogen (secondary N) is 1. The average Bonchev–Trinajstić information content (AvgIpc) is 2.66. The second-order valence-electron chi connectivity index (χ2n) is 7.44. The van der Waals surface area contributed by atoms with E-state index in [1.165, 1.54) is 18.2 Å². The lowest BCUT2D eigenvalue weighted by atomic mass is 9.99. The van der Waals surface area contributed by atoms with Crippen molar-refractivity contribution in [1.29, 1.82) is 0 Å². The van der Waals surface area contributed by atoms with Crippen LogP contribution >= 0.6 is 11.6 Å². The first-order valence-corrected chi connectivity index (χ1v) is 9.82. The van der Waals surface area contributed by atoms with E-state index in [-0.39, 0.29) is 22.2 Å². The Labute approximate surface area is 173 Å². The van der Waals surface area contributed by atoms with Gasteiger partial charge in [-0.2, -0.15) is 0 Å². The summed E-state index contributed by atoms with van der Waals surface area (Å²) in [5, 5.41) is 14.1. The number of nitrogens with zero attached hydrogens (tertiary/aromatic N) is 2. The highest BCUT2D eigenvalue weighted by molar-refractivity contribution is 6.31. The van der Waals surface area contributed by atoms with Crippen molar-refractivity contribution >= 4 is 40.5 Å². The summed E-state index contributed by atoms with van der Waals surface area (Å²) in [6, 6.07) is 9.20. The molecule has 0 bridgehead atoms. The minimum atomic E-state index is -0.615. The molecule has 0 saturated heterocycles. The summed E-state index contributed by atoms with van der Waals surface area (Å²) in [4.78, 5) is 37.3. The third kappa shape index (κ3) is 4.74. The fourth-order valence-electron chi connectivity index (χ4n) is 3.32. The zero-order chi connectivity index (χ0) is 21.1. The Bertz CT molecular complexity index is 974. The molecule has 0 aromatic heterocycles. The third-order valence-corrected chi connectivity index (χ3v) is 5.10. The fourth-order valence-corrected chi connectivity index (χ4v) is 3.49. The summed E-state index contributed by atoms with van der Waals surface area (Å²) < 4.78 is 0. The van der Waals surface area contributed by atoms with Gasteiger partial charge in [-0.25, -0.2) is 0 Å². The minimum absolute atomic E-state index is 0.101. The normalized spacial score (nSPS) is 13.4. The van der Waals surface area contributed by atoms with E-state index in [2.05, 4.69) is 19.2 Å². The molecular weight excluding hydrogens is 394 g/mol. The van der Waals surface area contributed by atoms with Gasteiger partial charge in [-0.3, -0.25) is 19.7 Å². The Morgan fingerprint density at radius 3 is 2.69 bits per heavy atom. The van der Waals surface area contributed by atoms with Gasteiger partial charge >= 0.3 is 0 Å². The number of hydrogen-bond donors (Lipinski definition) is 1. The topological polar surface area (TPSA) is 92.6 Å². The van der Waals surface area contributed by atoms with Crippen molar-refractivity contribution in [2.75, 3.05) is 16.8 Å². The Balaban J connectivity index is 1.84. The average molecular weight is 416 g/mol. The highest BCUT2D eigenvalue weighted by atomic mass is 35.5. The quantitative estimate of drug-likeness (QED) is 0.540. The van der Waals surface area contributed by atoms with Crippen LogP contribution in [0.4, 0.5) is 17.1 Å². The van der Waals surface area contributed by atoms with Crippen LogP contribution in [0.1, 0.15) is 42.6 Å². The number of carbonyl (C=O) groups excluding carboxylic acids is 2. The maximum atomic E-state index is 12.6. The summed E-state index contributed by atoms with van der Waals surface area (Å²) in [5.41, 5.74) is 1.92. The van der Waals surface area contributed by atoms with Gasteiger partial charge in [0.2, 0.25) is 5.91 Å². The minimum Gasteiger partial charge on any atom is -0.322 e. The van der Waals surface area contributed by atoms with E-state index in [1.54, 1.807) is 11.0 Å². The lowest BCUT2D eigenvalue weighted by Crippen LogP contribution is -2.36. The number of hydrogen-bond acceptors (Lipinski definition) is 4. The molecule has 2 amide bonds. The number of aryl methyl sites for hydroxylation is 1. The van der Waals surface area contributed by atoms with E-state index in [0.717, 1.165) is 17.7 Å². The molecule has 0 saturated carbocycles. The first kappa shape index (κ1) is 20.8. The number of rotatable bonds is 6. The number of carbonyl (C=O) groups is 2. The van der Waals surface area contributed by atoms with Crippen molar-refractivity contribution < 1.29 is 14.5 Å². The highest BCUT2D eigenvalue weighted by Gasteiger charge is 2.25. The van der Waals surface area contributed by atoms with Crippen molar-refractivity contribution in [2.45, 2.75) is 33.1 Å². The monoisotopic (exact) mass is 415 g/mol. The van der Waals surface area contributed by atoms with E-state index in [1.807, 2.05) is 12.1 Å². The highest BCUT2D eigenvalue weighted by Crippen LogP contribution is 2.31. The Morgan fingerprint density at radius 2 is 2.00 bits per heavy atom. The van der Waals surface area contributed by atoms with Gasteiger partial charge in [0, 0.05) is 35.4 Å². The van der Waals surface area contributed by atoms with Gasteiger partial charge in [0.25, 0.3) is 11.6 Å². The van der Waals surface area contributed by atoms with Crippen LogP contribution in [0, 0.1) is 16.0 Å². The van der Waals surface area contributed by atoms with Crippen molar-refractivity contribution in [3.8, 4) is 0 Å². The van der Waals surface area contributed by atoms with Gasteiger partial charge in [-0.15, -0.1) is 0 Å². The molecule has 1 N–H and O–H groups in total. The summed E-state index contributed by atoms with van der Waals surface area (Å²) >= 11 is 5.90. The van der Waals surface area contributed by atoms with Crippen LogP contribution in [0.15, 0.2) is 36.4 Å². The molecule has 1 heterocycles. The molecular formula is C21H22ClN3O4. The number of halogens is 1. The number of nitro groups is 1. The molecule has 2 aromatic carbocycles. The van der Waals surface area contributed by atoms with E-state index in [9.17, 15) is 19.7 Å². The van der Waals surface area contributed by atoms with E-state index in [0.29, 0.717) is 31.0 Å². The lowest BCUT2D eigenvalue weighted by molar-refractivity contribution is -0.385. The zero-order valence-corrected chi connectivity index (χ0v) is 17.0. The molecule has 152 valence electrons. The Morgan fingerprint density at radius 1 is 1.24 bits per heavy atom. The van der Waals surface area contributed by atoms with Crippen molar-refractivity contribution in [1.82, 2.24) is 0 Å². The standard InChI is InChI=1S/C21H22ClN3O4/c1-13(2)9-10-24-18-7-5-16(11-14(18)3-8-20(24)26)23-21(27)17-12-15(22)4-6-19(17)25(28)29/h4-7,11-13H,3,8-10H2,1-2H3,(H,23,27). The number of benzene rings is 2. The van der Waals surface area contributed by atoms with Crippen molar-refractivity contribution in [3.05, 3.63) is 62.7 Å². The van der Waals surface area contributed by atoms with Gasteiger partial charge in [-0.1, -0.05) is 25.4 Å². The van der Waals surface area contributed by atoms with Crippen LogP contribution < -0.4 is 10.2 Å². The second-order valence-corrected chi connectivity index (χ2v) is 7.88. The summed E-state index contributed by atoms with van der Waals surface area (Å²) in [6.45, 7) is 4.88. The van der Waals surface area contributed by atoms with Gasteiger partial charge < -0.3 is 10.2 Å². The molecule has 7 nitrogen and oxygen atoms in total. The maximum Gasteiger partial charge on any atom is 0.282 e. The van der Waals surface area contributed by atoms with Crippen LogP contribution in [0.2, 0.25) is 5.02 Å². The molecule has 29 heavy (non-hydrogen) atoms. The van der Waals surface area contributed by atoms with E-state index < -0.39 is 10.8 Å². The number of nitro benzene ring substituents is 1. The van der Waals surface area contributed by atoms with Crippen LogP contribution in [0.3, 0.4) is 0 Å².